The molecule has 0 radical (unpaired) electrons. The molecule has 0 aromatic carbocycles. The van der Waals surface area contributed by atoms with Gasteiger partial charge in [-0.3, -0.25) is 14.6 Å². The first-order valence-electron chi connectivity index (χ1n) is 10.2. The average Bonchev–Trinajstić information content (AvgIpc) is 2.81. The third kappa shape index (κ3) is 8.66. The van der Waals surface area contributed by atoms with Crippen molar-refractivity contribution in [2.24, 2.45) is 16.6 Å². The van der Waals surface area contributed by atoms with Crippen LogP contribution in [0.25, 0.3) is 0 Å². The molecule has 1 atom stereocenters. The van der Waals surface area contributed by atoms with E-state index in [1.54, 1.807) is 0 Å². The molecule has 27 heavy (non-hydrogen) atoms. The van der Waals surface area contributed by atoms with Gasteiger partial charge in [0.2, 0.25) is 11.8 Å². The maximum Gasteiger partial charge on any atom is 0.222 e. The minimum atomic E-state index is -0.221. The lowest BCUT2D eigenvalue weighted by molar-refractivity contribution is -0.130. The Kier molecular flexibility index (Phi) is 11.7. The second-order valence-corrected chi connectivity index (χ2v) is 7.41. The molecule has 0 bridgehead atoms. The molecular weight excluding hydrogens is 457 g/mol. The van der Waals surface area contributed by atoms with Gasteiger partial charge in [-0.1, -0.05) is 6.42 Å². The van der Waals surface area contributed by atoms with Gasteiger partial charge in [-0.2, -0.15) is 0 Å². The first-order valence-corrected chi connectivity index (χ1v) is 10.2. The molecule has 2 amide bonds. The highest BCUT2D eigenvalue weighted by atomic mass is 127. The van der Waals surface area contributed by atoms with Gasteiger partial charge in [0.05, 0.1) is 0 Å². The summed E-state index contributed by atoms with van der Waals surface area (Å²) in [5, 5.41) is 3.36. The Hall–Kier alpha value is -1.06. The molecule has 0 aromatic rings. The lowest BCUT2D eigenvalue weighted by atomic mass is 9.95. The van der Waals surface area contributed by atoms with E-state index in [1.165, 1.54) is 0 Å². The zero-order valence-electron chi connectivity index (χ0n) is 16.6. The van der Waals surface area contributed by atoms with Crippen molar-refractivity contribution < 1.29 is 9.59 Å². The highest BCUT2D eigenvalue weighted by Crippen LogP contribution is 2.19. The van der Waals surface area contributed by atoms with E-state index in [2.05, 4.69) is 17.1 Å². The summed E-state index contributed by atoms with van der Waals surface area (Å²) in [6.45, 7) is 7.08. The smallest absolute Gasteiger partial charge is 0.222 e. The predicted molar refractivity (Wildman–Crippen MR) is 119 cm³/mol. The second-order valence-electron chi connectivity index (χ2n) is 7.41. The zero-order chi connectivity index (χ0) is 18.8. The quantitative estimate of drug-likeness (QED) is 0.246. The van der Waals surface area contributed by atoms with Crippen LogP contribution in [-0.2, 0) is 9.59 Å². The highest BCUT2D eigenvalue weighted by Gasteiger charge is 2.23. The Morgan fingerprint density at radius 1 is 1.26 bits per heavy atom. The highest BCUT2D eigenvalue weighted by molar-refractivity contribution is 14.0. The van der Waals surface area contributed by atoms with Gasteiger partial charge in [0, 0.05) is 52.1 Å². The van der Waals surface area contributed by atoms with Crippen molar-refractivity contribution >= 4 is 41.8 Å². The number of amides is 2. The third-order valence-electron chi connectivity index (χ3n) is 5.16. The molecule has 2 rings (SSSR count). The molecule has 0 aromatic heterocycles. The maximum absolute atomic E-state index is 12.0. The number of primary amides is 1. The van der Waals surface area contributed by atoms with Gasteiger partial charge in [0.15, 0.2) is 5.96 Å². The Morgan fingerprint density at radius 3 is 2.81 bits per heavy atom. The number of nitrogens with zero attached hydrogens (tertiary/aromatic N) is 3. The molecule has 2 aliphatic rings. The van der Waals surface area contributed by atoms with Crippen LogP contribution < -0.4 is 11.1 Å². The molecule has 3 N–H and O–H groups in total. The summed E-state index contributed by atoms with van der Waals surface area (Å²) in [5.74, 6) is 1.31. The fraction of sp³-hybridized carbons (Fsp3) is 0.842. The molecule has 8 heteroatoms. The minimum Gasteiger partial charge on any atom is -0.370 e. The number of rotatable bonds is 7. The van der Waals surface area contributed by atoms with Crippen molar-refractivity contribution in [1.82, 2.24) is 15.1 Å². The molecule has 1 unspecified atom stereocenters. The van der Waals surface area contributed by atoms with E-state index < -0.39 is 0 Å². The molecule has 2 heterocycles. The van der Waals surface area contributed by atoms with Crippen LogP contribution >= 0.6 is 24.0 Å². The minimum absolute atomic E-state index is 0. The van der Waals surface area contributed by atoms with Crippen molar-refractivity contribution in [2.45, 2.75) is 58.3 Å². The number of nitrogens with two attached hydrogens (primary N) is 1. The van der Waals surface area contributed by atoms with Crippen molar-refractivity contribution in [3.8, 4) is 0 Å². The Balaban J connectivity index is 0.00000364. The summed E-state index contributed by atoms with van der Waals surface area (Å²) >= 11 is 0. The Bertz CT molecular complexity index is 500. The van der Waals surface area contributed by atoms with Crippen molar-refractivity contribution in [2.75, 3.05) is 39.3 Å². The number of carbonyl (C=O) groups excluding carboxylic acids is 2. The van der Waals surface area contributed by atoms with Crippen molar-refractivity contribution in [3.63, 3.8) is 0 Å². The monoisotopic (exact) mass is 493 g/mol. The Morgan fingerprint density at radius 2 is 2.07 bits per heavy atom. The number of nitrogens with one attached hydrogen (secondary N) is 1. The normalized spacial score (nSPS) is 21.4. The van der Waals surface area contributed by atoms with Crippen LogP contribution in [0.3, 0.4) is 0 Å². The van der Waals surface area contributed by atoms with Crippen LogP contribution in [0.5, 0.6) is 0 Å². The van der Waals surface area contributed by atoms with Crippen molar-refractivity contribution in [3.05, 3.63) is 0 Å². The number of hydrogen-bond donors (Lipinski definition) is 2. The first kappa shape index (κ1) is 24.0. The van der Waals surface area contributed by atoms with E-state index in [0.717, 1.165) is 77.2 Å². The number of likely N-dealkylation sites (tertiary alicyclic amines) is 2. The van der Waals surface area contributed by atoms with Gasteiger partial charge >= 0.3 is 0 Å². The van der Waals surface area contributed by atoms with Crippen LogP contribution in [0.15, 0.2) is 4.99 Å². The largest absolute Gasteiger partial charge is 0.370 e. The summed E-state index contributed by atoms with van der Waals surface area (Å²) in [4.78, 5) is 32.3. The lowest BCUT2D eigenvalue weighted by Gasteiger charge is -2.34. The summed E-state index contributed by atoms with van der Waals surface area (Å²) in [6, 6.07) is 0. The molecule has 2 saturated heterocycles. The van der Waals surface area contributed by atoms with Crippen LogP contribution in [0, 0.1) is 5.92 Å². The van der Waals surface area contributed by atoms with E-state index >= 15 is 0 Å². The van der Waals surface area contributed by atoms with E-state index in [9.17, 15) is 9.59 Å². The molecule has 0 saturated carbocycles. The summed E-state index contributed by atoms with van der Waals surface area (Å²) < 4.78 is 0. The van der Waals surface area contributed by atoms with Crippen molar-refractivity contribution in [1.29, 1.82) is 0 Å². The second kappa shape index (κ2) is 13.2. The van der Waals surface area contributed by atoms with E-state index in [4.69, 9.17) is 10.7 Å². The first-order chi connectivity index (χ1) is 12.6. The molecular formula is C19H36IN5O2. The van der Waals surface area contributed by atoms with Gasteiger partial charge < -0.3 is 20.9 Å². The summed E-state index contributed by atoms with van der Waals surface area (Å²) in [7, 11) is 0. The number of guanidine groups is 1. The van der Waals surface area contributed by atoms with E-state index in [1.807, 2.05) is 4.90 Å². The molecule has 0 aliphatic carbocycles. The number of halogens is 1. The molecule has 2 fully saturated rings. The number of carbonyl (C=O) groups is 2. The average molecular weight is 493 g/mol. The number of aliphatic imine (C=N–C) groups is 1. The zero-order valence-corrected chi connectivity index (χ0v) is 19.0. The van der Waals surface area contributed by atoms with E-state index in [-0.39, 0.29) is 29.9 Å². The molecule has 156 valence electrons. The SMILES string of the molecule is CCNC(=NCCCN1CCCCCC1=O)N1CCCC(CC(N)=O)C1.I. The van der Waals surface area contributed by atoms with Gasteiger partial charge in [0.25, 0.3) is 0 Å². The van der Waals surface area contributed by atoms with Crippen LogP contribution in [-0.4, -0.2) is 66.8 Å². The topological polar surface area (TPSA) is 91.0 Å². The van der Waals surface area contributed by atoms with Crippen LogP contribution in [0.4, 0.5) is 0 Å². The summed E-state index contributed by atoms with van der Waals surface area (Å²) in [5.41, 5.74) is 5.36. The van der Waals surface area contributed by atoms with Gasteiger partial charge in [-0.05, 0) is 44.9 Å². The molecule has 7 nitrogen and oxygen atoms in total. The summed E-state index contributed by atoms with van der Waals surface area (Å²) in [6.07, 6.45) is 7.45. The van der Waals surface area contributed by atoms with E-state index in [0.29, 0.717) is 31.2 Å². The third-order valence-corrected chi connectivity index (χ3v) is 5.16. The standard InChI is InChI=1S/C19H35N5O2.HI/c1-2-21-19(24-12-6-8-16(15-24)14-17(20)25)22-10-7-13-23-11-5-3-4-9-18(23)26;/h16H,2-15H2,1H3,(H2,20,25)(H,21,22);1H. The number of hydrogen-bond acceptors (Lipinski definition) is 3. The van der Waals surface area contributed by atoms with Crippen LogP contribution in [0.1, 0.15) is 58.3 Å². The maximum atomic E-state index is 12.0. The fourth-order valence-electron chi connectivity index (χ4n) is 3.86. The predicted octanol–water partition coefficient (Wildman–Crippen LogP) is 1.95. The molecule has 0 spiro atoms. The van der Waals surface area contributed by atoms with Gasteiger partial charge in [0.1, 0.15) is 0 Å². The van der Waals surface area contributed by atoms with Gasteiger partial charge in [-0.15, -0.1) is 24.0 Å². The number of piperidine rings is 1. The fourth-order valence-corrected chi connectivity index (χ4v) is 3.86. The van der Waals surface area contributed by atoms with Gasteiger partial charge in [-0.25, -0.2) is 0 Å². The van der Waals surface area contributed by atoms with Crippen LogP contribution in [0.2, 0.25) is 0 Å². The molecule has 2 aliphatic heterocycles. The Labute approximate surface area is 180 Å². The lowest BCUT2D eigenvalue weighted by Crippen LogP contribution is -2.47.